The van der Waals surface area contributed by atoms with Gasteiger partial charge in [-0.2, -0.15) is 0 Å². The third-order valence-corrected chi connectivity index (χ3v) is 1.14. The Morgan fingerprint density at radius 3 is 2.44 bits per heavy atom. The third-order valence-electron chi connectivity index (χ3n) is 0.709. The fraction of sp³-hybridized carbons (Fsp3) is 0.600. The van der Waals surface area contributed by atoms with Crippen LogP contribution in [-0.2, 0) is 0 Å². The van der Waals surface area contributed by atoms with Gasteiger partial charge in [0.15, 0.2) is 0 Å². The average Bonchev–Trinajstić information content (AvgIpc) is 1.63. The van der Waals surface area contributed by atoms with E-state index >= 15 is 0 Å². The van der Waals surface area contributed by atoms with E-state index in [0.717, 1.165) is 11.5 Å². The molecule has 0 aliphatic heterocycles. The molecule has 0 bridgehead atoms. The van der Waals surface area contributed by atoms with Crippen LogP contribution in [0.25, 0.3) is 0 Å². The Labute approximate surface area is 65.8 Å². The van der Waals surface area contributed by atoms with Crippen LogP contribution in [-0.4, -0.2) is 16.5 Å². The van der Waals surface area contributed by atoms with Gasteiger partial charge >= 0.3 is 0 Å². The molecule has 0 heterocycles. The molecule has 0 aliphatic carbocycles. The van der Waals surface area contributed by atoms with Crippen LogP contribution in [0, 0.1) is 0 Å². The highest BCUT2D eigenvalue weighted by Crippen LogP contribution is 1.82. The first kappa shape index (κ1) is 8.78. The van der Waals surface area contributed by atoms with E-state index in [1.54, 1.807) is 0 Å². The van der Waals surface area contributed by atoms with Gasteiger partial charge in [-0.1, -0.05) is 24.4 Å². The Bertz CT molecular complexity index is 122. The topological polar surface area (TPSA) is 38.0 Å². The molecule has 0 unspecified atom stereocenters. The number of hydrogen-bond donors (Lipinski definition) is 2. The predicted molar refractivity (Wildman–Crippen MR) is 47.7 cm³/mol. The summed E-state index contributed by atoms with van der Waals surface area (Å²) in [6, 6.07) is 0. The van der Waals surface area contributed by atoms with Crippen LogP contribution in [0.1, 0.15) is 13.3 Å². The lowest BCUT2D eigenvalue weighted by atomic mass is 10.4. The van der Waals surface area contributed by atoms with Crippen molar-refractivity contribution >= 4 is 34.4 Å². The zero-order chi connectivity index (χ0) is 7.28. The second-order valence-electron chi connectivity index (χ2n) is 1.60. The Kier molecular flexibility index (Phi) is 4.53. The monoisotopic (exact) mass is 162 g/mol. The van der Waals surface area contributed by atoms with Crippen molar-refractivity contribution in [2.24, 2.45) is 5.73 Å². The van der Waals surface area contributed by atoms with E-state index in [-0.39, 0.29) is 0 Å². The van der Waals surface area contributed by atoms with Crippen LogP contribution in [0.15, 0.2) is 0 Å². The van der Waals surface area contributed by atoms with E-state index in [1.165, 1.54) is 0 Å². The Balaban J connectivity index is 3.39. The smallest absolute Gasteiger partial charge is 0.0821 e. The van der Waals surface area contributed by atoms with Gasteiger partial charge in [-0.05, 0) is 6.92 Å². The van der Waals surface area contributed by atoms with Crippen LogP contribution >= 0.6 is 24.4 Å². The molecule has 0 spiro atoms. The number of nitrogens with one attached hydrogen (secondary N) is 1. The summed E-state index contributed by atoms with van der Waals surface area (Å²) < 4.78 is 0. The zero-order valence-electron chi connectivity index (χ0n) is 5.31. The van der Waals surface area contributed by atoms with Crippen molar-refractivity contribution in [3.63, 3.8) is 0 Å². The van der Waals surface area contributed by atoms with Crippen LogP contribution < -0.4 is 11.1 Å². The van der Waals surface area contributed by atoms with Crippen molar-refractivity contribution < 1.29 is 0 Å². The summed E-state index contributed by atoms with van der Waals surface area (Å²) in [6.07, 6.45) is 0.526. The molecule has 0 aromatic carbocycles. The molecular weight excluding hydrogens is 152 g/mol. The minimum absolute atomic E-state index is 0.445. The van der Waals surface area contributed by atoms with Gasteiger partial charge in [0, 0.05) is 13.0 Å². The molecule has 0 saturated heterocycles. The molecule has 0 amide bonds. The summed E-state index contributed by atoms with van der Waals surface area (Å²) in [5, 5.41) is 2.94. The number of thiocarbonyl (C=S) groups is 2. The van der Waals surface area contributed by atoms with Gasteiger partial charge < -0.3 is 11.1 Å². The number of nitrogens with two attached hydrogens (primary N) is 1. The van der Waals surface area contributed by atoms with Crippen molar-refractivity contribution in [1.29, 1.82) is 0 Å². The second kappa shape index (κ2) is 4.64. The first-order valence-corrected chi connectivity index (χ1v) is 3.53. The molecule has 0 saturated carbocycles. The molecule has 0 rings (SSSR count). The number of hydrogen-bond acceptors (Lipinski definition) is 2. The van der Waals surface area contributed by atoms with Crippen LogP contribution in [0.3, 0.4) is 0 Å². The van der Waals surface area contributed by atoms with E-state index in [4.69, 9.17) is 18.0 Å². The number of rotatable bonds is 3. The normalized spacial score (nSPS) is 8.56. The Hall–Kier alpha value is -0.220. The predicted octanol–water partition coefficient (Wildman–Crippen LogP) is 0.600. The average molecular weight is 162 g/mol. The van der Waals surface area contributed by atoms with Gasteiger partial charge in [-0.25, -0.2) is 0 Å². The van der Waals surface area contributed by atoms with Gasteiger partial charge in [0.05, 0.1) is 9.98 Å². The Morgan fingerprint density at radius 2 is 2.11 bits per heavy atom. The maximum absolute atomic E-state index is 5.23. The maximum Gasteiger partial charge on any atom is 0.0821 e. The van der Waals surface area contributed by atoms with Crippen LogP contribution in [0.5, 0.6) is 0 Å². The van der Waals surface area contributed by atoms with E-state index in [2.05, 4.69) is 17.5 Å². The minimum atomic E-state index is 0.445. The highest BCUT2D eigenvalue weighted by atomic mass is 32.1. The first-order valence-electron chi connectivity index (χ1n) is 2.71. The standard InChI is InChI=1S/C5H10N2S2/c1-2-7-5(9)3-4(6)8/h2-3H2,1H3,(H2,6,8)(H,7,9). The molecule has 4 heteroatoms. The highest BCUT2D eigenvalue weighted by Gasteiger charge is 1.93. The minimum Gasteiger partial charge on any atom is -0.393 e. The lowest BCUT2D eigenvalue weighted by molar-refractivity contribution is 0.971. The molecule has 3 N–H and O–H groups in total. The van der Waals surface area contributed by atoms with Gasteiger partial charge in [-0.3, -0.25) is 0 Å². The third kappa shape index (κ3) is 5.65. The summed E-state index contributed by atoms with van der Waals surface area (Å²) in [6.45, 7) is 2.81. The summed E-state index contributed by atoms with van der Waals surface area (Å²) in [4.78, 5) is 1.17. The summed E-state index contributed by atoms with van der Waals surface area (Å²) in [5.41, 5.74) is 5.23. The Morgan fingerprint density at radius 1 is 1.56 bits per heavy atom. The van der Waals surface area contributed by atoms with E-state index in [1.807, 2.05) is 6.92 Å². The van der Waals surface area contributed by atoms with Gasteiger partial charge in [0.1, 0.15) is 0 Å². The van der Waals surface area contributed by atoms with Crippen molar-refractivity contribution in [1.82, 2.24) is 5.32 Å². The fourth-order valence-corrected chi connectivity index (χ4v) is 0.953. The summed E-state index contributed by atoms with van der Waals surface area (Å²) in [7, 11) is 0. The van der Waals surface area contributed by atoms with E-state index in [9.17, 15) is 0 Å². The lowest BCUT2D eigenvalue weighted by Gasteiger charge is -2.01. The quantitative estimate of drug-likeness (QED) is 0.596. The molecule has 0 aromatic rings. The molecule has 0 atom stereocenters. The largest absolute Gasteiger partial charge is 0.393 e. The van der Waals surface area contributed by atoms with E-state index in [0.29, 0.717) is 11.4 Å². The van der Waals surface area contributed by atoms with Crippen LogP contribution in [0.2, 0.25) is 0 Å². The van der Waals surface area contributed by atoms with Crippen molar-refractivity contribution in [2.75, 3.05) is 6.54 Å². The fourth-order valence-electron chi connectivity index (χ4n) is 0.418. The second-order valence-corrected chi connectivity index (χ2v) is 2.61. The first-order chi connectivity index (χ1) is 4.16. The summed E-state index contributed by atoms with van der Waals surface area (Å²) >= 11 is 9.49. The SMILES string of the molecule is CCNC(=S)CC(N)=S. The molecule has 0 aromatic heterocycles. The molecule has 0 fully saturated rings. The van der Waals surface area contributed by atoms with Gasteiger partial charge in [0.2, 0.25) is 0 Å². The van der Waals surface area contributed by atoms with Crippen LogP contribution in [0.4, 0.5) is 0 Å². The van der Waals surface area contributed by atoms with Crippen molar-refractivity contribution in [2.45, 2.75) is 13.3 Å². The van der Waals surface area contributed by atoms with Crippen molar-refractivity contribution in [3.05, 3.63) is 0 Å². The molecule has 9 heavy (non-hydrogen) atoms. The molecular formula is C5H10N2S2. The molecule has 2 nitrogen and oxygen atoms in total. The molecule has 0 radical (unpaired) electrons. The highest BCUT2D eigenvalue weighted by molar-refractivity contribution is 7.82. The lowest BCUT2D eigenvalue weighted by Crippen LogP contribution is -2.25. The maximum atomic E-state index is 5.23. The molecule has 52 valence electrons. The van der Waals surface area contributed by atoms with E-state index < -0.39 is 0 Å². The zero-order valence-corrected chi connectivity index (χ0v) is 6.94. The van der Waals surface area contributed by atoms with Crippen molar-refractivity contribution in [3.8, 4) is 0 Å². The summed E-state index contributed by atoms with van der Waals surface area (Å²) in [5.74, 6) is 0. The molecule has 0 aliphatic rings. The van der Waals surface area contributed by atoms with Gasteiger partial charge in [-0.15, -0.1) is 0 Å². The van der Waals surface area contributed by atoms with Gasteiger partial charge in [0.25, 0.3) is 0 Å².